The standard InChI is InChI=1S/C18H22F3NO3S/c19-18(20,21)15-5-3-4-14(10-15)17(7-1-2-8-17)16(23)22-11-13-6-9-26(24,25)12-13/h3-5,10,13H,1-2,6-9,11-12H2,(H,22,23)/t13-/m0/s1. The summed E-state index contributed by atoms with van der Waals surface area (Å²) in [7, 11) is -3.03. The van der Waals surface area contributed by atoms with Gasteiger partial charge in [0.05, 0.1) is 22.5 Å². The van der Waals surface area contributed by atoms with Crippen molar-refractivity contribution in [2.75, 3.05) is 18.1 Å². The Morgan fingerprint density at radius 2 is 1.92 bits per heavy atom. The van der Waals surface area contributed by atoms with E-state index in [1.807, 2.05) is 0 Å². The maximum Gasteiger partial charge on any atom is 0.416 e. The van der Waals surface area contributed by atoms with Crippen LogP contribution in [0.3, 0.4) is 0 Å². The maximum atomic E-state index is 13.0. The number of carbonyl (C=O) groups excluding carboxylic acids is 1. The Morgan fingerprint density at radius 3 is 2.50 bits per heavy atom. The van der Waals surface area contributed by atoms with E-state index in [1.165, 1.54) is 6.07 Å². The second-order valence-corrected chi connectivity index (χ2v) is 9.58. The number of amides is 1. The third kappa shape index (κ3) is 3.89. The zero-order valence-corrected chi connectivity index (χ0v) is 15.1. The van der Waals surface area contributed by atoms with Gasteiger partial charge < -0.3 is 5.32 Å². The van der Waals surface area contributed by atoms with E-state index in [0.717, 1.165) is 25.0 Å². The zero-order valence-electron chi connectivity index (χ0n) is 14.3. The van der Waals surface area contributed by atoms with Gasteiger partial charge in [-0.05, 0) is 36.8 Å². The molecule has 1 aliphatic carbocycles. The molecule has 1 N–H and O–H groups in total. The molecule has 3 rings (SSSR count). The Bertz CT molecular complexity index is 783. The van der Waals surface area contributed by atoms with Crippen molar-refractivity contribution in [3.63, 3.8) is 0 Å². The van der Waals surface area contributed by atoms with E-state index < -0.39 is 27.0 Å². The van der Waals surface area contributed by atoms with E-state index in [9.17, 15) is 26.4 Å². The highest BCUT2D eigenvalue weighted by molar-refractivity contribution is 7.91. The molecule has 0 aromatic heterocycles. The Kier molecular flexibility index (Phi) is 5.07. The van der Waals surface area contributed by atoms with E-state index in [4.69, 9.17) is 0 Å². The van der Waals surface area contributed by atoms with Gasteiger partial charge in [-0.3, -0.25) is 4.79 Å². The Hall–Kier alpha value is -1.57. The van der Waals surface area contributed by atoms with Crippen LogP contribution < -0.4 is 5.32 Å². The number of nitrogens with one attached hydrogen (secondary N) is 1. The topological polar surface area (TPSA) is 63.2 Å². The molecule has 0 bridgehead atoms. The van der Waals surface area contributed by atoms with Crippen LogP contribution in [0.25, 0.3) is 0 Å². The number of halogens is 3. The van der Waals surface area contributed by atoms with Crippen molar-refractivity contribution in [2.24, 2.45) is 5.92 Å². The molecule has 8 heteroatoms. The van der Waals surface area contributed by atoms with E-state index in [-0.39, 0.29) is 29.9 Å². The second-order valence-electron chi connectivity index (χ2n) is 7.35. The molecule has 1 saturated carbocycles. The highest BCUT2D eigenvalue weighted by atomic mass is 32.2. The Labute approximate surface area is 151 Å². The molecule has 2 aliphatic rings. The molecule has 1 atom stereocenters. The third-order valence-electron chi connectivity index (χ3n) is 5.51. The van der Waals surface area contributed by atoms with Crippen molar-refractivity contribution < 1.29 is 26.4 Å². The summed E-state index contributed by atoms with van der Waals surface area (Å²) in [6.45, 7) is 0.249. The van der Waals surface area contributed by atoms with Crippen LogP contribution in [0.2, 0.25) is 0 Å². The highest BCUT2D eigenvalue weighted by Crippen LogP contribution is 2.43. The van der Waals surface area contributed by atoms with E-state index in [1.54, 1.807) is 6.07 Å². The lowest BCUT2D eigenvalue weighted by atomic mass is 9.77. The van der Waals surface area contributed by atoms with Gasteiger partial charge in [0.25, 0.3) is 0 Å². The first kappa shape index (κ1) is 19.2. The number of sulfone groups is 1. The van der Waals surface area contributed by atoms with Crippen LogP contribution in [0, 0.1) is 5.92 Å². The largest absolute Gasteiger partial charge is 0.416 e. The van der Waals surface area contributed by atoms with Gasteiger partial charge in [0.2, 0.25) is 5.91 Å². The smallest absolute Gasteiger partial charge is 0.355 e. The molecule has 0 radical (unpaired) electrons. The van der Waals surface area contributed by atoms with Gasteiger partial charge in [-0.15, -0.1) is 0 Å². The summed E-state index contributed by atoms with van der Waals surface area (Å²) in [6.07, 6.45) is -1.38. The van der Waals surface area contributed by atoms with Crippen LogP contribution in [0.1, 0.15) is 43.2 Å². The van der Waals surface area contributed by atoms with Gasteiger partial charge in [-0.1, -0.05) is 31.0 Å². The first-order valence-corrected chi connectivity index (χ1v) is 10.6. The van der Waals surface area contributed by atoms with Gasteiger partial charge >= 0.3 is 6.18 Å². The minimum atomic E-state index is -4.45. The summed E-state index contributed by atoms with van der Waals surface area (Å²) in [5.41, 5.74) is -1.32. The Balaban J connectivity index is 1.78. The van der Waals surface area contributed by atoms with Crippen LogP contribution in [0.4, 0.5) is 13.2 Å². The number of carbonyl (C=O) groups is 1. The molecule has 1 amide bonds. The molecule has 1 aliphatic heterocycles. The number of rotatable bonds is 4. The van der Waals surface area contributed by atoms with E-state index in [0.29, 0.717) is 24.8 Å². The molecule has 0 spiro atoms. The maximum absolute atomic E-state index is 13.0. The van der Waals surface area contributed by atoms with Crippen molar-refractivity contribution in [1.29, 1.82) is 0 Å². The lowest BCUT2D eigenvalue weighted by molar-refractivity contribution is -0.138. The minimum absolute atomic E-state index is 0.0594. The van der Waals surface area contributed by atoms with Crippen LogP contribution in [-0.4, -0.2) is 32.4 Å². The second kappa shape index (κ2) is 6.87. The average molecular weight is 389 g/mol. The fourth-order valence-corrected chi connectivity index (χ4v) is 5.92. The quantitative estimate of drug-likeness (QED) is 0.861. The molecule has 0 unspecified atom stereocenters. The van der Waals surface area contributed by atoms with Crippen molar-refractivity contribution in [1.82, 2.24) is 5.32 Å². The summed E-state index contributed by atoms with van der Waals surface area (Å²) >= 11 is 0. The van der Waals surface area contributed by atoms with Crippen molar-refractivity contribution in [2.45, 2.75) is 43.7 Å². The molecule has 1 heterocycles. The average Bonchev–Trinajstić information content (AvgIpc) is 3.19. The minimum Gasteiger partial charge on any atom is -0.355 e. The molecule has 4 nitrogen and oxygen atoms in total. The lowest BCUT2D eigenvalue weighted by Crippen LogP contribution is -2.44. The first-order valence-electron chi connectivity index (χ1n) is 8.79. The van der Waals surface area contributed by atoms with Crippen LogP contribution in [0.15, 0.2) is 24.3 Å². The predicted molar refractivity (Wildman–Crippen MR) is 91.4 cm³/mol. The van der Waals surface area contributed by atoms with Crippen LogP contribution in [-0.2, 0) is 26.2 Å². The molecule has 2 fully saturated rings. The molecule has 26 heavy (non-hydrogen) atoms. The van der Waals surface area contributed by atoms with Gasteiger partial charge in [0.1, 0.15) is 0 Å². The SMILES string of the molecule is O=C(NC[C@@H]1CCS(=O)(=O)C1)C1(c2cccc(C(F)(F)F)c2)CCCC1. The number of hydrogen-bond donors (Lipinski definition) is 1. The summed E-state index contributed by atoms with van der Waals surface area (Å²) in [6, 6.07) is 5.01. The summed E-state index contributed by atoms with van der Waals surface area (Å²) in [5, 5.41) is 2.82. The predicted octanol–water partition coefficient (Wildman–Crippen LogP) is 3.07. The number of hydrogen-bond acceptors (Lipinski definition) is 3. The molecular formula is C18H22F3NO3S. The third-order valence-corrected chi connectivity index (χ3v) is 7.35. The van der Waals surface area contributed by atoms with Crippen molar-refractivity contribution in [3.8, 4) is 0 Å². The Morgan fingerprint density at radius 1 is 1.23 bits per heavy atom. The number of benzene rings is 1. The fourth-order valence-electron chi connectivity index (χ4n) is 4.06. The van der Waals surface area contributed by atoms with Gasteiger partial charge in [0.15, 0.2) is 9.84 Å². The van der Waals surface area contributed by atoms with Crippen molar-refractivity contribution in [3.05, 3.63) is 35.4 Å². The zero-order chi connectivity index (χ0) is 19.0. The molecule has 1 aromatic rings. The van der Waals surface area contributed by atoms with Crippen LogP contribution >= 0.6 is 0 Å². The summed E-state index contributed by atoms with van der Waals surface area (Å²) < 4.78 is 62.2. The van der Waals surface area contributed by atoms with E-state index in [2.05, 4.69) is 5.32 Å². The number of alkyl halides is 3. The van der Waals surface area contributed by atoms with E-state index >= 15 is 0 Å². The lowest BCUT2D eigenvalue weighted by Gasteiger charge is -2.29. The molecule has 1 saturated heterocycles. The molecule has 144 valence electrons. The van der Waals surface area contributed by atoms with Crippen LogP contribution in [0.5, 0.6) is 0 Å². The molecular weight excluding hydrogens is 367 g/mol. The van der Waals surface area contributed by atoms with Crippen molar-refractivity contribution >= 4 is 15.7 Å². The monoisotopic (exact) mass is 389 g/mol. The first-order chi connectivity index (χ1) is 12.1. The van der Waals surface area contributed by atoms with Gasteiger partial charge in [-0.2, -0.15) is 13.2 Å². The highest BCUT2D eigenvalue weighted by Gasteiger charge is 2.44. The fraction of sp³-hybridized carbons (Fsp3) is 0.611. The molecule has 1 aromatic carbocycles. The normalized spacial score (nSPS) is 24.5. The summed E-state index contributed by atoms with van der Waals surface area (Å²) in [4.78, 5) is 12.9. The summed E-state index contributed by atoms with van der Waals surface area (Å²) in [5.74, 6) is -0.224. The van der Waals surface area contributed by atoms with Gasteiger partial charge in [0, 0.05) is 6.54 Å². The van der Waals surface area contributed by atoms with Gasteiger partial charge in [-0.25, -0.2) is 8.42 Å².